The van der Waals surface area contributed by atoms with Gasteiger partial charge in [0.05, 0.1) is 0 Å². The van der Waals surface area contributed by atoms with Crippen LogP contribution >= 0.6 is 0 Å². The Bertz CT molecular complexity index is 265. The second kappa shape index (κ2) is 2.71. The molecule has 0 amide bonds. The summed E-state index contributed by atoms with van der Waals surface area (Å²) in [6, 6.07) is 0. The molecule has 66 valence electrons. The highest BCUT2D eigenvalue weighted by atomic mass is 16.4. The lowest BCUT2D eigenvalue weighted by Gasteiger charge is -2.19. The Morgan fingerprint density at radius 2 is 2.25 bits per heavy atom. The van der Waals surface area contributed by atoms with Gasteiger partial charge in [-0.05, 0) is 25.0 Å². The molecule has 0 saturated heterocycles. The van der Waals surface area contributed by atoms with Crippen molar-refractivity contribution in [1.82, 2.24) is 0 Å². The van der Waals surface area contributed by atoms with Gasteiger partial charge in [-0.1, -0.05) is 0 Å². The van der Waals surface area contributed by atoms with Crippen LogP contribution in [0.4, 0.5) is 0 Å². The molecule has 0 aliphatic heterocycles. The number of ketones is 1. The van der Waals surface area contributed by atoms with Gasteiger partial charge in [-0.15, -0.1) is 0 Å². The highest BCUT2D eigenvalue weighted by molar-refractivity contribution is 5.96. The van der Waals surface area contributed by atoms with E-state index in [2.05, 4.69) is 0 Å². The maximum absolute atomic E-state index is 10.8. The monoisotopic (exact) mass is 169 g/mol. The van der Waals surface area contributed by atoms with E-state index in [-0.39, 0.29) is 5.78 Å². The number of nitrogens with two attached hydrogens (primary N) is 1. The van der Waals surface area contributed by atoms with E-state index in [9.17, 15) is 9.59 Å². The van der Waals surface area contributed by atoms with Crippen molar-refractivity contribution in [3.05, 3.63) is 11.6 Å². The zero-order chi connectivity index (χ0) is 9.35. The lowest BCUT2D eigenvalue weighted by molar-refractivity contribution is -0.141. The third-order valence-corrected chi connectivity index (χ3v) is 2.09. The molecular formula is C8H11NO3. The normalized spacial score (nSPS) is 21.8. The van der Waals surface area contributed by atoms with Gasteiger partial charge in [0, 0.05) is 6.42 Å². The van der Waals surface area contributed by atoms with Crippen LogP contribution in [0.2, 0.25) is 0 Å². The summed E-state index contributed by atoms with van der Waals surface area (Å²) in [5, 5.41) is 8.71. The molecule has 4 nitrogen and oxygen atoms in total. The minimum atomic E-state index is -1.38. The van der Waals surface area contributed by atoms with Crippen molar-refractivity contribution in [1.29, 1.82) is 0 Å². The van der Waals surface area contributed by atoms with Gasteiger partial charge in [0.25, 0.3) is 0 Å². The summed E-state index contributed by atoms with van der Waals surface area (Å²) >= 11 is 0. The summed E-state index contributed by atoms with van der Waals surface area (Å²) in [4.78, 5) is 21.4. The number of carbonyl (C=O) groups is 2. The van der Waals surface area contributed by atoms with Crippen LogP contribution in [0.1, 0.15) is 19.8 Å². The van der Waals surface area contributed by atoms with Crippen molar-refractivity contribution < 1.29 is 14.7 Å². The molecule has 0 aromatic carbocycles. The molecule has 1 aliphatic carbocycles. The summed E-state index contributed by atoms with van der Waals surface area (Å²) in [6.45, 7) is 1.40. The number of hydrogen-bond acceptors (Lipinski definition) is 3. The molecule has 0 saturated carbocycles. The van der Waals surface area contributed by atoms with Crippen LogP contribution in [-0.4, -0.2) is 22.4 Å². The van der Waals surface area contributed by atoms with Gasteiger partial charge in [-0.25, -0.2) is 4.79 Å². The Morgan fingerprint density at radius 3 is 2.58 bits per heavy atom. The zero-order valence-electron chi connectivity index (χ0n) is 6.83. The number of rotatable bonds is 2. The quantitative estimate of drug-likeness (QED) is 0.613. The Balaban J connectivity index is 2.90. The van der Waals surface area contributed by atoms with E-state index in [1.165, 1.54) is 13.0 Å². The van der Waals surface area contributed by atoms with Crippen LogP contribution in [-0.2, 0) is 9.59 Å². The smallest absolute Gasteiger partial charge is 0.327 e. The minimum absolute atomic E-state index is 0.0390. The van der Waals surface area contributed by atoms with Gasteiger partial charge in [0.15, 0.2) is 5.78 Å². The molecule has 12 heavy (non-hydrogen) atoms. The molecule has 1 unspecified atom stereocenters. The molecule has 0 radical (unpaired) electrons. The molecule has 0 fully saturated rings. The molecule has 3 N–H and O–H groups in total. The number of carboxylic acid groups (broad SMARTS) is 1. The van der Waals surface area contributed by atoms with Crippen LogP contribution in [0.15, 0.2) is 11.6 Å². The lowest BCUT2D eigenvalue weighted by atomic mass is 9.93. The average molecular weight is 169 g/mol. The lowest BCUT2D eigenvalue weighted by Crippen LogP contribution is -2.46. The highest BCUT2D eigenvalue weighted by Crippen LogP contribution is 2.24. The minimum Gasteiger partial charge on any atom is -0.480 e. The standard InChI is InChI=1S/C8H11NO3/c1-8(9,7(11)12)5-2-3-6(10)4-5/h4H,2-3,9H2,1H3,(H,11,12). The summed E-state index contributed by atoms with van der Waals surface area (Å²) in [5.74, 6) is -1.13. The van der Waals surface area contributed by atoms with E-state index in [1.54, 1.807) is 0 Å². The van der Waals surface area contributed by atoms with Crippen molar-refractivity contribution in [2.75, 3.05) is 0 Å². The number of carboxylic acids is 1. The van der Waals surface area contributed by atoms with Crippen molar-refractivity contribution in [2.45, 2.75) is 25.3 Å². The largest absolute Gasteiger partial charge is 0.480 e. The Labute approximate surface area is 70.1 Å². The third-order valence-electron chi connectivity index (χ3n) is 2.09. The van der Waals surface area contributed by atoms with Gasteiger partial charge < -0.3 is 10.8 Å². The number of hydrogen-bond donors (Lipinski definition) is 2. The molecule has 0 aromatic heterocycles. The fourth-order valence-electron chi connectivity index (χ4n) is 1.14. The summed E-state index contributed by atoms with van der Waals surface area (Å²) in [5.41, 5.74) is 4.64. The molecule has 0 spiro atoms. The number of allylic oxidation sites excluding steroid dienone is 1. The van der Waals surface area contributed by atoms with Crippen molar-refractivity contribution in [3.63, 3.8) is 0 Å². The fraction of sp³-hybridized carbons (Fsp3) is 0.500. The van der Waals surface area contributed by atoms with Crippen molar-refractivity contribution in [2.24, 2.45) is 5.73 Å². The summed E-state index contributed by atoms with van der Waals surface area (Å²) < 4.78 is 0. The van der Waals surface area contributed by atoms with E-state index >= 15 is 0 Å². The Morgan fingerprint density at radius 1 is 1.67 bits per heavy atom. The Hall–Kier alpha value is -1.16. The van der Waals surface area contributed by atoms with Gasteiger partial charge in [-0.3, -0.25) is 4.79 Å². The summed E-state index contributed by atoms with van der Waals surface area (Å²) in [7, 11) is 0. The predicted octanol–water partition coefficient (Wildman–Crippen LogP) is 0.0777. The van der Waals surface area contributed by atoms with E-state index < -0.39 is 11.5 Å². The highest BCUT2D eigenvalue weighted by Gasteiger charge is 2.34. The zero-order valence-corrected chi connectivity index (χ0v) is 6.83. The molecule has 1 atom stereocenters. The van der Waals surface area contributed by atoms with Gasteiger partial charge in [-0.2, -0.15) is 0 Å². The SMILES string of the molecule is CC(N)(C(=O)O)C1=CC(=O)CC1. The Kier molecular flexibility index (Phi) is 2.02. The van der Waals surface area contributed by atoms with Crippen LogP contribution < -0.4 is 5.73 Å². The van der Waals surface area contributed by atoms with Crippen LogP contribution in [0.25, 0.3) is 0 Å². The van der Waals surface area contributed by atoms with Crippen molar-refractivity contribution >= 4 is 11.8 Å². The first-order valence-corrected chi connectivity index (χ1v) is 3.70. The van der Waals surface area contributed by atoms with E-state index in [4.69, 9.17) is 10.8 Å². The molecule has 0 aromatic rings. The topological polar surface area (TPSA) is 80.4 Å². The first-order valence-electron chi connectivity index (χ1n) is 3.70. The third kappa shape index (κ3) is 1.38. The van der Waals surface area contributed by atoms with Crippen LogP contribution in [0.3, 0.4) is 0 Å². The maximum Gasteiger partial charge on any atom is 0.327 e. The van der Waals surface area contributed by atoms with Gasteiger partial charge in [0.1, 0.15) is 5.54 Å². The van der Waals surface area contributed by atoms with E-state index in [0.29, 0.717) is 18.4 Å². The van der Waals surface area contributed by atoms with Gasteiger partial charge in [0.2, 0.25) is 0 Å². The first kappa shape index (κ1) is 8.93. The molecule has 0 bridgehead atoms. The van der Waals surface area contributed by atoms with Crippen LogP contribution in [0, 0.1) is 0 Å². The average Bonchev–Trinajstić information content (AvgIpc) is 2.35. The molecule has 0 heterocycles. The fourth-order valence-corrected chi connectivity index (χ4v) is 1.14. The van der Waals surface area contributed by atoms with Gasteiger partial charge >= 0.3 is 5.97 Å². The van der Waals surface area contributed by atoms with E-state index in [0.717, 1.165) is 0 Å². The molecule has 4 heteroatoms. The second-order valence-corrected chi connectivity index (χ2v) is 3.14. The molecular weight excluding hydrogens is 158 g/mol. The molecule has 1 rings (SSSR count). The number of aliphatic carboxylic acids is 1. The summed E-state index contributed by atoms with van der Waals surface area (Å²) in [6.07, 6.45) is 2.20. The second-order valence-electron chi connectivity index (χ2n) is 3.14. The number of carbonyl (C=O) groups excluding carboxylic acids is 1. The molecule has 1 aliphatic rings. The van der Waals surface area contributed by atoms with E-state index in [1.807, 2.05) is 0 Å². The first-order chi connectivity index (χ1) is 5.44. The van der Waals surface area contributed by atoms with Crippen LogP contribution in [0.5, 0.6) is 0 Å². The predicted molar refractivity (Wildman–Crippen MR) is 42.6 cm³/mol. The van der Waals surface area contributed by atoms with Crippen molar-refractivity contribution in [3.8, 4) is 0 Å². The maximum atomic E-state index is 10.8.